The van der Waals surface area contributed by atoms with Gasteiger partial charge >= 0.3 is 0 Å². The van der Waals surface area contributed by atoms with Crippen LogP contribution in [0.5, 0.6) is 0 Å². The number of hydrogen-bond donors (Lipinski definition) is 1. The van der Waals surface area contributed by atoms with Crippen molar-refractivity contribution in [2.75, 3.05) is 0 Å². The number of halogens is 1. The number of carbonyl (C=O) groups excluding carboxylic acids is 1. The molecule has 0 saturated heterocycles. The molecule has 0 unspecified atom stereocenters. The van der Waals surface area contributed by atoms with Gasteiger partial charge in [-0.25, -0.2) is 0 Å². The molecule has 64 valence electrons. The van der Waals surface area contributed by atoms with E-state index in [0.29, 0.717) is 5.56 Å². The molecule has 1 rings (SSSR count). The van der Waals surface area contributed by atoms with Gasteiger partial charge in [-0.2, -0.15) is 0 Å². The van der Waals surface area contributed by atoms with Crippen LogP contribution in [0.3, 0.4) is 0 Å². The zero-order valence-electron chi connectivity index (χ0n) is 6.80. The average Bonchev–Trinajstić information content (AvgIpc) is 2.17. The number of amides is 1. The van der Waals surface area contributed by atoms with Crippen LogP contribution in [0.4, 0.5) is 0 Å². The van der Waals surface area contributed by atoms with E-state index >= 15 is 0 Å². The Morgan fingerprint density at radius 1 is 1.42 bits per heavy atom. The van der Waals surface area contributed by atoms with Gasteiger partial charge in [0.15, 0.2) is 0 Å². The predicted molar refractivity (Wildman–Crippen MR) is 52.2 cm³/mol. The Kier molecular flexibility index (Phi) is 3.29. The van der Waals surface area contributed by atoms with Crippen LogP contribution in [0.15, 0.2) is 24.3 Å². The third kappa shape index (κ3) is 2.08. The van der Waals surface area contributed by atoms with Gasteiger partial charge < -0.3 is 0 Å². The molecule has 3 heteroatoms. The molecule has 0 radical (unpaired) electrons. The van der Waals surface area contributed by atoms with Gasteiger partial charge in [-0.05, 0) is 24.1 Å². The molecule has 0 aromatic heterocycles. The van der Waals surface area contributed by atoms with E-state index in [-0.39, 0.29) is 5.91 Å². The first kappa shape index (κ1) is 9.26. The SMILES string of the molecule is CCc1ccc(C(=O)NBr)cc1. The van der Waals surface area contributed by atoms with E-state index in [1.807, 2.05) is 24.3 Å². The molecule has 0 saturated carbocycles. The molecular formula is C9H10BrNO. The lowest BCUT2D eigenvalue weighted by molar-refractivity contribution is 0.0986. The van der Waals surface area contributed by atoms with Crippen molar-refractivity contribution in [3.05, 3.63) is 35.4 Å². The molecule has 1 amide bonds. The highest BCUT2D eigenvalue weighted by Crippen LogP contribution is 2.04. The maximum absolute atomic E-state index is 11.1. The molecule has 0 spiro atoms. The van der Waals surface area contributed by atoms with Crippen molar-refractivity contribution in [2.45, 2.75) is 13.3 Å². The van der Waals surface area contributed by atoms with E-state index in [9.17, 15) is 4.79 Å². The van der Waals surface area contributed by atoms with Crippen molar-refractivity contribution in [3.8, 4) is 0 Å². The van der Waals surface area contributed by atoms with Gasteiger partial charge in [-0.1, -0.05) is 19.1 Å². The van der Waals surface area contributed by atoms with Gasteiger partial charge in [0.25, 0.3) is 5.91 Å². The Morgan fingerprint density at radius 2 is 2.00 bits per heavy atom. The third-order valence-corrected chi connectivity index (χ3v) is 2.07. The molecule has 1 aromatic carbocycles. The van der Waals surface area contributed by atoms with E-state index in [1.165, 1.54) is 5.56 Å². The van der Waals surface area contributed by atoms with E-state index < -0.39 is 0 Å². The van der Waals surface area contributed by atoms with Gasteiger partial charge in [0, 0.05) is 21.7 Å². The van der Waals surface area contributed by atoms with Gasteiger partial charge in [0.2, 0.25) is 0 Å². The van der Waals surface area contributed by atoms with Crippen LogP contribution in [0.2, 0.25) is 0 Å². The molecule has 0 aliphatic carbocycles. The molecule has 0 atom stereocenters. The molecule has 1 N–H and O–H groups in total. The van der Waals surface area contributed by atoms with Crippen LogP contribution < -0.4 is 4.34 Å². The summed E-state index contributed by atoms with van der Waals surface area (Å²) in [5, 5.41) is 0. The van der Waals surface area contributed by atoms with Crippen LogP contribution in [-0.2, 0) is 6.42 Å². The zero-order valence-corrected chi connectivity index (χ0v) is 8.39. The topological polar surface area (TPSA) is 29.1 Å². The molecule has 0 fully saturated rings. The fourth-order valence-electron chi connectivity index (χ4n) is 0.946. The Hall–Kier alpha value is -0.830. The van der Waals surface area contributed by atoms with E-state index in [2.05, 4.69) is 27.4 Å². The summed E-state index contributed by atoms with van der Waals surface area (Å²) in [6, 6.07) is 7.54. The molecule has 2 nitrogen and oxygen atoms in total. The van der Waals surface area contributed by atoms with Crippen LogP contribution in [0.25, 0.3) is 0 Å². The Morgan fingerprint density at radius 3 is 2.42 bits per heavy atom. The lowest BCUT2D eigenvalue weighted by Crippen LogP contribution is -2.11. The van der Waals surface area contributed by atoms with E-state index in [1.54, 1.807) is 0 Å². The minimum absolute atomic E-state index is 0.113. The highest BCUT2D eigenvalue weighted by atomic mass is 79.9. The number of benzene rings is 1. The van der Waals surface area contributed by atoms with Crippen LogP contribution >= 0.6 is 16.1 Å². The summed E-state index contributed by atoms with van der Waals surface area (Å²) in [6.07, 6.45) is 0.996. The van der Waals surface area contributed by atoms with Crippen molar-refractivity contribution in [2.24, 2.45) is 0 Å². The smallest absolute Gasteiger partial charge is 0.261 e. The normalized spacial score (nSPS) is 9.50. The lowest BCUT2D eigenvalue weighted by Gasteiger charge is -1.99. The lowest BCUT2D eigenvalue weighted by atomic mass is 10.1. The van der Waals surface area contributed by atoms with Crippen molar-refractivity contribution in [1.29, 1.82) is 0 Å². The van der Waals surface area contributed by atoms with E-state index in [0.717, 1.165) is 6.42 Å². The minimum Gasteiger partial charge on any atom is -0.289 e. The van der Waals surface area contributed by atoms with Crippen LogP contribution in [0, 0.1) is 0 Å². The van der Waals surface area contributed by atoms with Gasteiger partial charge in [0.05, 0.1) is 0 Å². The quantitative estimate of drug-likeness (QED) is 0.773. The Labute approximate surface area is 80.3 Å². The molecule has 0 aliphatic rings. The molecule has 0 aliphatic heterocycles. The molecule has 1 aromatic rings. The average molecular weight is 228 g/mol. The first-order chi connectivity index (χ1) is 5.77. The summed E-state index contributed by atoms with van der Waals surface area (Å²) in [5.41, 5.74) is 1.91. The number of rotatable bonds is 2. The highest BCUT2D eigenvalue weighted by Gasteiger charge is 2.01. The Balaban J connectivity index is 2.84. The van der Waals surface area contributed by atoms with Crippen molar-refractivity contribution in [1.82, 2.24) is 4.34 Å². The number of carbonyl (C=O) groups is 1. The fourth-order valence-corrected chi connectivity index (χ4v) is 1.18. The fraction of sp³-hybridized carbons (Fsp3) is 0.222. The maximum atomic E-state index is 11.1. The number of hydrogen-bond acceptors (Lipinski definition) is 1. The van der Waals surface area contributed by atoms with Crippen molar-refractivity contribution < 1.29 is 4.79 Å². The maximum Gasteiger partial charge on any atom is 0.261 e. The third-order valence-electron chi connectivity index (χ3n) is 1.71. The van der Waals surface area contributed by atoms with Crippen molar-refractivity contribution >= 4 is 22.1 Å². The summed E-state index contributed by atoms with van der Waals surface area (Å²) in [4.78, 5) is 11.1. The standard InChI is InChI=1S/C9H10BrNO/c1-2-7-3-5-8(6-4-7)9(12)11-10/h3-6H,2H2,1H3,(H,11,12). The summed E-state index contributed by atoms with van der Waals surface area (Å²) in [6.45, 7) is 2.08. The Bertz CT molecular complexity index is 268. The summed E-state index contributed by atoms with van der Waals surface area (Å²) < 4.78 is 2.39. The molecule has 0 bridgehead atoms. The van der Waals surface area contributed by atoms with Crippen molar-refractivity contribution in [3.63, 3.8) is 0 Å². The van der Waals surface area contributed by atoms with E-state index in [4.69, 9.17) is 0 Å². The molecule has 12 heavy (non-hydrogen) atoms. The summed E-state index contributed by atoms with van der Waals surface area (Å²) in [7, 11) is 0. The van der Waals surface area contributed by atoms with Gasteiger partial charge in [-0.3, -0.25) is 9.14 Å². The largest absolute Gasteiger partial charge is 0.289 e. The van der Waals surface area contributed by atoms with Crippen LogP contribution in [0.1, 0.15) is 22.8 Å². The monoisotopic (exact) mass is 227 g/mol. The predicted octanol–water partition coefficient (Wildman–Crippen LogP) is 2.29. The van der Waals surface area contributed by atoms with Crippen LogP contribution in [-0.4, -0.2) is 5.91 Å². The second-order valence-electron chi connectivity index (χ2n) is 2.47. The second kappa shape index (κ2) is 4.26. The molecule has 0 heterocycles. The van der Waals surface area contributed by atoms with Gasteiger partial charge in [-0.15, -0.1) is 0 Å². The summed E-state index contributed by atoms with van der Waals surface area (Å²) >= 11 is 2.89. The first-order valence-corrected chi connectivity index (χ1v) is 4.57. The zero-order chi connectivity index (χ0) is 8.97. The minimum atomic E-state index is -0.113. The number of nitrogens with one attached hydrogen (secondary N) is 1. The first-order valence-electron chi connectivity index (χ1n) is 3.78. The van der Waals surface area contributed by atoms with Gasteiger partial charge in [0.1, 0.15) is 0 Å². The summed E-state index contributed by atoms with van der Waals surface area (Å²) in [5.74, 6) is -0.113. The molecular weight excluding hydrogens is 218 g/mol. The number of aryl methyl sites for hydroxylation is 1. The second-order valence-corrected chi connectivity index (χ2v) is 2.87. The highest BCUT2D eigenvalue weighted by molar-refractivity contribution is 9.08.